The fourth-order valence-electron chi connectivity index (χ4n) is 3.06. The number of hydrogen-bond acceptors (Lipinski definition) is 3. The summed E-state index contributed by atoms with van der Waals surface area (Å²) in [7, 11) is 0. The van der Waals surface area contributed by atoms with Crippen molar-refractivity contribution in [2.45, 2.75) is 6.42 Å². The molecule has 4 rings (SSSR count). The van der Waals surface area contributed by atoms with Crippen molar-refractivity contribution in [2.24, 2.45) is 0 Å². The largest absolute Gasteiger partial charge is 0.762 e. The van der Waals surface area contributed by atoms with Gasteiger partial charge in [0.1, 0.15) is 17.2 Å². The van der Waals surface area contributed by atoms with Crippen molar-refractivity contribution in [3.63, 3.8) is 0 Å². The van der Waals surface area contributed by atoms with Crippen LogP contribution in [0.15, 0.2) is 79.1 Å². The average molecular weight is 361 g/mol. The van der Waals surface area contributed by atoms with Crippen LogP contribution in [-0.2, 0) is 6.42 Å². The van der Waals surface area contributed by atoms with Gasteiger partial charge in [-0.05, 0) is 34.3 Å². The van der Waals surface area contributed by atoms with Crippen molar-refractivity contribution in [3.05, 3.63) is 101 Å². The van der Waals surface area contributed by atoms with Gasteiger partial charge in [0.05, 0.1) is 12.4 Å². The van der Waals surface area contributed by atoms with Gasteiger partial charge in [0, 0.05) is 6.42 Å². The first-order chi connectivity index (χ1) is 13.8. The smallest absolute Gasteiger partial charge is 0.356 e. The first-order valence-corrected chi connectivity index (χ1v) is 8.77. The minimum atomic E-state index is -0.0609. The molecule has 132 valence electrons. The maximum Gasteiger partial charge on any atom is 0.356 e. The Balaban J connectivity index is 1.86. The molecule has 2 aromatic heterocycles. The van der Waals surface area contributed by atoms with E-state index in [1.807, 2.05) is 83.5 Å². The number of nitrogens with zero attached hydrogens (tertiary/aromatic N) is 5. The van der Waals surface area contributed by atoms with Crippen LogP contribution in [0, 0.1) is 11.3 Å². The SMILES string of the molecule is N#CC(=C=[N-])c1nc2ccccc2nc1-[n+]1cccc(Cc2ccccc2)c1. The minimum absolute atomic E-state index is 0.0609. The van der Waals surface area contributed by atoms with Crippen LogP contribution in [-0.4, -0.2) is 15.8 Å². The van der Waals surface area contributed by atoms with Gasteiger partial charge in [0.25, 0.3) is 0 Å². The highest BCUT2D eigenvalue weighted by Gasteiger charge is 2.22. The molecular formula is C23H15N5. The third kappa shape index (κ3) is 3.41. The Kier molecular flexibility index (Phi) is 4.71. The summed E-state index contributed by atoms with van der Waals surface area (Å²) < 4.78 is 1.82. The second-order valence-corrected chi connectivity index (χ2v) is 6.26. The molecule has 0 aliphatic heterocycles. The van der Waals surface area contributed by atoms with Gasteiger partial charge in [-0.25, -0.2) is 15.4 Å². The van der Waals surface area contributed by atoms with Crippen molar-refractivity contribution in [2.75, 3.05) is 0 Å². The van der Waals surface area contributed by atoms with Crippen molar-refractivity contribution in [1.29, 1.82) is 5.26 Å². The van der Waals surface area contributed by atoms with Gasteiger partial charge in [-0.15, -0.1) is 0 Å². The van der Waals surface area contributed by atoms with E-state index < -0.39 is 0 Å². The van der Waals surface area contributed by atoms with Crippen molar-refractivity contribution in [1.82, 2.24) is 9.97 Å². The molecule has 0 fully saturated rings. The second kappa shape index (κ2) is 7.63. The van der Waals surface area contributed by atoms with Crippen LogP contribution in [0.25, 0.3) is 27.8 Å². The van der Waals surface area contributed by atoms with Crippen molar-refractivity contribution in [3.8, 4) is 11.9 Å². The van der Waals surface area contributed by atoms with Gasteiger partial charge in [-0.2, -0.15) is 5.26 Å². The molecule has 0 spiro atoms. The average Bonchev–Trinajstić information content (AvgIpc) is 2.75. The summed E-state index contributed by atoms with van der Waals surface area (Å²) in [4.78, 5) is 9.23. The van der Waals surface area contributed by atoms with Gasteiger partial charge in [0.15, 0.2) is 5.69 Å². The van der Waals surface area contributed by atoms with Gasteiger partial charge in [-0.3, -0.25) is 0 Å². The molecule has 0 N–H and O–H groups in total. The number of aromatic nitrogens is 3. The fraction of sp³-hybridized carbons (Fsp3) is 0.0435. The highest BCUT2D eigenvalue weighted by atomic mass is 15.1. The van der Waals surface area contributed by atoms with Crippen LogP contribution in [0.5, 0.6) is 0 Å². The summed E-state index contributed by atoms with van der Waals surface area (Å²) in [5, 5.41) is 18.8. The van der Waals surface area contributed by atoms with Crippen LogP contribution >= 0.6 is 0 Å². The minimum Gasteiger partial charge on any atom is -0.762 e. The molecule has 2 heterocycles. The third-order valence-electron chi connectivity index (χ3n) is 4.37. The van der Waals surface area contributed by atoms with Crippen LogP contribution in [0.4, 0.5) is 0 Å². The van der Waals surface area contributed by atoms with Gasteiger partial charge < -0.3 is 5.41 Å². The van der Waals surface area contributed by atoms with Crippen LogP contribution in [0.1, 0.15) is 16.8 Å². The topological polar surface area (TPSA) is 75.8 Å². The van der Waals surface area contributed by atoms with Crippen molar-refractivity contribution >= 4 is 22.5 Å². The lowest BCUT2D eigenvalue weighted by atomic mass is 10.1. The Hall–Kier alpha value is -4.13. The Bertz CT molecular complexity index is 1250. The van der Waals surface area contributed by atoms with Crippen LogP contribution in [0.3, 0.4) is 0 Å². The summed E-state index contributed by atoms with van der Waals surface area (Å²) in [6, 6.07) is 23.5. The van der Waals surface area contributed by atoms with E-state index in [2.05, 4.69) is 22.1 Å². The second-order valence-electron chi connectivity index (χ2n) is 6.26. The summed E-state index contributed by atoms with van der Waals surface area (Å²) in [6.07, 6.45) is 4.58. The number of hydrogen-bond donors (Lipinski definition) is 0. The molecule has 0 unspecified atom stereocenters. The van der Waals surface area contributed by atoms with E-state index in [9.17, 15) is 10.7 Å². The predicted octanol–water partition coefficient (Wildman–Crippen LogP) is 3.64. The van der Waals surface area contributed by atoms with Gasteiger partial charge in [-0.1, -0.05) is 48.5 Å². The summed E-state index contributed by atoms with van der Waals surface area (Å²) in [5.74, 6) is 2.40. The standard InChI is InChI=1S/C23H15N5/c24-14-19(15-25)22-23(27-21-11-5-4-10-20(21)26-22)28-12-6-9-18(16-28)13-17-7-2-1-3-8-17/h1-12,16H,13H2. The van der Waals surface area contributed by atoms with Crippen LogP contribution in [0.2, 0.25) is 0 Å². The highest BCUT2D eigenvalue weighted by Crippen LogP contribution is 2.18. The van der Waals surface area contributed by atoms with E-state index in [4.69, 9.17) is 0 Å². The van der Waals surface area contributed by atoms with Crippen LogP contribution < -0.4 is 4.57 Å². The summed E-state index contributed by atoms with van der Waals surface area (Å²) in [6.45, 7) is 0. The van der Waals surface area contributed by atoms with E-state index in [-0.39, 0.29) is 11.3 Å². The molecule has 5 nitrogen and oxygen atoms in total. The molecule has 0 aliphatic rings. The first kappa shape index (κ1) is 17.3. The van der Waals surface area contributed by atoms with E-state index in [1.54, 1.807) is 0 Å². The summed E-state index contributed by atoms with van der Waals surface area (Å²) >= 11 is 0. The zero-order valence-corrected chi connectivity index (χ0v) is 14.9. The molecule has 0 radical (unpaired) electrons. The van der Waals surface area contributed by atoms with Gasteiger partial charge in [0.2, 0.25) is 5.52 Å². The van der Waals surface area contributed by atoms with Gasteiger partial charge >= 0.3 is 5.82 Å². The first-order valence-electron chi connectivity index (χ1n) is 8.77. The van der Waals surface area contributed by atoms with E-state index in [1.165, 1.54) is 5.56 Å². The maximum atomic E-state index is 9.39. The lowest BCUT2D eigenvalue weighted by Crippen LogP contribution is -2.33. The molecular weight excluding hydrogens is 346 g/mol. The van der Waals surface area contributed by atoms with Crippen molar-refractivity contribution < 1.29 is 4.57 Å². The zero-order chi connectivity index (χ0) is 19.3. The lowest BCUT2D eigenvalue weighted by molar-refractivity contribution is -0.600. The number of nitriles is 1. The third-order valence-corrected chi connectivity index (χ3v) is 4.37. The normalized spacial score (nSPS) is 10.2. The Labute approximate surface area is 162 Å². The zero-order valence-electron chi connectivity index (χ0n) is 14.9. The number of benzene rings is 2. The van der Waals surface area contributed by atoms with E-state index in [0.29, 0.717) is 16.9 Å². The molecule has 0 amide bonds. The quantitative estimate of drug-likeness (QED) is 0.316. The maximum absolute atomic E-state index is 9.39. The Morgan fingerprint density at radius 1 is 0.893 bits per heavy atom. The number of pyridine rings is 1. The molecule has 2 aromatic carbocycles. The monoisotopic (exact) mass is 361 g/mol. The Morgan fingerprint density at radius 2 is 1.57 bits per heavy atom. The number of para-hydroxylation sites is 2. The van der Waals surface area contributed by atoms with E-state index in [0.717, 1.165) is 12.0 Å². The molecule has 5 heteroatoms. The molecule has 28 heavy (non-hydrogen) atoms. The Morgan fingerprint density at radius 3 is 2.29 bits per heavy atom. The van der Waals surface area contributed by atoms with E-state index >= 15 is 0 Å². The number of rotatable bonds is 4. The summed E-state index contributed by atoms with van der Waals surface area (Å²) in [5.41, 5.74) is 3.86. The molecule has 0 saturated heterocycles. The molecule has 0 saturated carbocycles. The molecule has 0 atom stereocenters. The molecule has 0 bridgehead atoms. The lowest BCUT2D eigenvalue weighted by Gasteiger charge is -2.06. The number of allylic oxidation sites excluding steroid dienone is 1. The molecule has 4 aromatic rings. The predicted molar refractivity (Wildman–Crippen MR) is 108 cm³/mol. The highest BCUT2D eigenvalue weighted by molar-refractivity contribution is 5.99. The molecule has 0 aliphatic carbocycles. The number of fused-ring (bicyclic) bond motifs is 1. The fourth-order valence-corrected chi connectivity index (χ4v) is 3.06.